The monoisotopic (exact) mass is 555 g/mol. The van der Waals surface area contributed by atoms with Crippen molar-refractivity contribution < 1.29 is 27.1 Å². The van der Waals surface area contributed by atoms with Crippen LogP contribution in [0.15, 0.2) is 41.3 Å². The maximum atomic E-state index is 13.3. The first kappa shape index (κ1) is 26.7. The van der Waals surface area contributed by atoms with Crippen LogP contribution < -0.4 is 9.64 Å². The molecule has 2 aromatic carbocycles. The van der Waals surface area contributed by atoms with Crippen molar-refractivity contribution in [2.45, 2.75) is 17.7 Å². The Labute approximate surface area is 218 Å². The molecule has 4 rings (SSSR count). The van der Waals surface area contributed by atoms with E-state index in [2.05, 4.69) is 9.88 Å². The fourth-order valence-corrected chi connectivity index (χ4v) is 6.53. The van der Waals surface area contributed by atoms with Crippen LogP contribution >= 0.6 is 22.9 Å². The maximum absolute atomic E-state index is 13.3. The molecule has 1 fully saturated rings. The van der Waals surface area contributed by atoms with Gasteiger partial charge in [0.1, 0.15) is 17.1 Å². The molecule has 3 aromatic rings. The van der Waals surface area contributed by atoms with Gasteiger partial charge in [-0.3, -0.25) is 14.6 Å². The quantitative estimate of drug-likeness (QED) is 0.349. The molecule has 1 aromatic heterocycles. The number of benzene rings is 2. The molecule has 8 nitrogen and oxygen atoms in total. The normalized spacial score (nSPS) is 14.8. The number of hydrogen-bond donors (Lipinski definition) is 0. The number of methoxy groups -OCH3 is 1. The van der Waals surface area contributed by atoms with Gasteiger partial charge in [-0.25, -0.2) is 17.8 Å². The number of hydrogen-bond acceptors (Lipinski definition) is 8. The van der Waals surface area contributed by atoms with Crippen LogP contribution in [-0.2, 0) is 19.4 Å². The number of fused-ring (bicyclic) bond motifs is 1. The summed E-state index contributed by atoms with van der Waals surface area (Å²) in [5, 5.41) is 0.997. The number of ether oxygens (including phenoxy) is 2. The number of morpholine rings is 1. The maximum Gasteiger partial charge on any atom is 0.228 e. The average Bonchev–Trinajstić information content (AvgIpc) is 3.31. The second kappa shape index (κ2) is 11.8. The molecular weight excluding hydrogens is 529 g/mol. The minimum absolute atomic E-state index is 0.0182. The largest absolute Gasteiger partial charge is 0.494 e. The molecule has 0 atom stereocenters. The molecule has 36 heavy (non-hydrogen) atoms. The van der Waals surface area contributed by atoms with E-state index in [-0.39, 0.29) is 29.4 Å². The molecule has 1 aliphatic rings. The van der Waals surface area contributed by atoms with E-state index in [0.717, 1.165) is 25.2 Å². The second-order valence-electron chi connectivity index (χ2n) is 8.30. The predicted octanol–water partition coefficient (Wildman–Crippen LogP) is 4.02. The van der Waals surface area contributed by atoms with Crippen molar-refractivity contribution >= 4 is 54.0 Å². The molecule has 12 heteroatoms. The summed E-state index contributed by atoms with van der Waals surface area (Å²) in [4.78, 5) is 21.8. The van der Waals surface area contributed by atoms with Gasteiger partial charge in [-0.15, -0.1) is 0 Å². The summed E-state index contributed by atoms with van der Waals surface area (Å²) >= 11 is 7.68. The molecule has 1 amide bonds. The van der Waals surface area contributed by atoms with Gasteiger partial charge in [0.25, 0.3) is 0 Å². The van der Waals surface area contributed by atoms with Crippen molar-refractivity contribution in [3.05, 3.63) is 47.2 Å². The van der Waals surface area contributed by atoms with E-state index in [1.165, 1.54) is 23.5 Å². The Bertz CT molecular complexity index is 1310. The van der Waals surface area contributed by atoms with E-state index in [4.69, 9.17) is 21.1 Å². The second-order valence-corrected chi connectivity index (χ2v) is 11.8. The third-order valence-corrected chi connectivity index (χ3v) is 9.27. The number of amides is 1. The lowest BCUT2D eigenvalue weighted by molar-refractivity contribution is -0.118. The molecule has 0 saturated carbocycles. The summed E-state index contributed by atoms with van der Waals surface area (Å²) in [5.41, 5.74) is 0.577. The van der Waals surface area contributed by atoms with Crippen molar-refractivity contribution in [2.24, 2.45) is 0 Å². The Hall–Kier alpha value is -2.31. The Morgan fingerprint density at radius 1 is 1.22 bits per heavy atom. The van der Waals surface area contributed by atoms with Crippen LogP contribution in [-0.4, -0.2) is 76.5 Å². The predicted molar refractivity (Wildman–Crippen MR) is 138 cm³/mol. The van der Waals surface area contributed by atoms with Gasteiger partial charge < -0.3 is 9.47 Å². The summed E-state index contributed by atoms with van der Waals surface area (Å²) in [6.45, 7) is 3.86. The lowest BCUT2D eigenvalue weighted by atomic mass is 10.3. The molecule has 0 bridgehead atoms. The van der Waals surface area contributed by atoms with Gasteiger partial charge in [-0.2, -0.15) is 0 Å². The van der Waals surface area contributed by atoms with Gasteiger partial charge in [-0.05, 0) is 42.8 Å². The smallest absolute Gasteiger partial charge is 0.228 e. The van der Waals surface area contributed by atoms with Crippen LogP contribution in [0, 0.1) is 5.82 Å². The molecule has 0 unspecified atom stereocenters. The topological polar surface area (TPSA) is 89.0 Å². The molecule has 2 heterocycles. The fourth-order valence-electron chi connectivity index (χ4n) is 3.92. The third-order valence-electron chi connectivity index (χ3n) is 5.92. The summed E-state index contributed by atoms with van der Waals surface area (Å²) in [6, 6.07) is 8.15. The van der Waals surface area contributed by atoms with Gasteiger partial charge in [-0.1, -0.05) is 22.9 Å². The minimum atomic E-state index is -3.63. The van der Waals surface area contributed by atoms with E-state index in [0.29, 0.717) is 52.4 Å². The van der Waals surface area contributed by atoms with Crippen molar-refractivity contribution in [3.63, 3.8) is 0 Å². The number of rotatable bonds is 10. The molecule has 194 valence electrons. The Morgan fingerprint density at radius 3 is 2.64 bits per heavy atom. The van der Waals surface area contributed by atoms with Gasteiger partial charge in [0.05, 0.1) is 40.7 Å². The van der Waals surface area contributed by atoms with Crippen LogP contribution in [0.1, 0.15) is 12.8 Å². The first-order valence-corrected chi connectivity index (χ1v) is 14.3. The SMILES string of the molecule is COc1ccc(Cl)c2sc(N(CCN3CCOCC3)C(=O)CCCS(=O)(=O)c3ccc(F)cc3)nc12. The first-order valence-electron chi connectivity index (χ1n) is 11.5. The van der Waals surface area contributed by atoms with E-state index in [1.807, 2.05) is 0 Å². The summed E-state index contributed by atoms with van der Waals surface area (Å²) < 4.78 is 49.9. The summed E-state index contributed by atoms with van der Waals surface area (Å²) in [5.74, 6) is -0.400. The van der Waals surface area contributed by atoms with Crippen LogP contribution in [0.2, 0.25) is 5.02 Å². The number of aromatic nitrogens is 1. The van der Waals surface area contributed by atoms with Gasteiger partial charge in [0, 0.05) is 32.6 Å². The zero-order valence-electron chi connectivity index (χ0n) is 19.8. The third kappa shape index (κ3) is 6.33. The number of halogens is 2. The van der Waals surface area contributed by atoms with Crippen LogP contribution in [0.3, 0.4) is 0 Å². The molecule has 0 aliphatic carbocycles. The van der Waals surface area contributed by atoms with E-state index < -0.39 is 15.7 Å². The fraction of sp³-hybridized carbons (Fsp3) is 0.417. The van der Waals surface area contributed by atoms with Crippen molar-refractivity contribution in [1.29, 1.82) is 0 Å². The summed E-state index contributed by atoms with van der Waals surface area (Å²) in [6.07, 6.45) is 0.145. The van der Waals surface area contributed by atoms with E-state index in [1.54, 1.807) is 24.1 Å². The highest BCUT2D eigenvalue weighted by Gasteiger charge is 2.24. The van der Waals surface area contributed by atoms with Crippen LogP contribution in [0.5, 0.6) is 5.75 Å². The molecule has 1 aliphatic heterocycles. The van der Waals surface area contributed by atoms with Crippen molar-refractivity contribution in [1.82, 2.24) is 9.88 Å². The highest BCUT2D eigenvalue weighted by atomic mass is 35.5. The lowest BCUT2D eigenvalue weighted by Gasteiger charge is -2.29. The zero-order chi connectivity index (χ0) is 25.7. The minimum Gasteiger partial charge on any atom is -0.494 e. The van der Waals surface area contributed by atoms with Crippen molar-refractivity contribution in [2.75, 3.05) is 57.2 Å². The number of carbonyl (C=O) groups excluding carboxylic acids is 1. The number of nitrogens with zero attached hydrogens (tertiary/aromatic N) is 3. The van der Waals surface area contributed by atoms with E-state index >= 15 is 0 Å². The molecule has 0 radical (unpaired) electrons. The standard InChI is InChI=1S/C24H27ClFN3O5S2/c1-33-20-9-8-19(25)23-22(20)27-24(35-23)29(11-10-28-12-14-34-15-13-28)21(30)3-2-16-36(31,32)18-6-4-17(26)5-7-18/h4-9H,2-3,10-16H2,1H3. The average molecular weight is 556 g/mol. The lowest BCUT2D eigenvalue weighted by Crippen LogP contribution is -2.43. The van der Waals surface area contributed by atoms with Gasteiger partial charge in [0.15, 0.2) is 15.0 Å². The molecular formula is C24H27ClFN3O5S2. The van der Waals surface area contributed by atoms with Crippen molar-refractivity contribution in [3.8, 4) is 5.75 Å². The number of carbonyl (C=O) groups is 1. The highest BCUT2D eigenvalue weighted by molar-refractivity contribution is 7.91. The number of sulfone groups is 1. The van der Waals surface area contributed by atoms with Gasteiger partial charge in [0.2, 0.25) is 5.91 Å². The molecule has 0 spiro atoms. The first-order chi connectivity index (χ1) is 17.3. The molecule has 0 N–H and O–H groups in total. The Kier molecular flexibility index (Phi) is 8.78. The van der Waals surface area contributed by atoms with Gasteiger partial charge >= 0.3 is 0 Å². The zero-order valence-corrected chi connectivity index (χ0v) is 22.2. The Morgan fingerprint density at radius 2 is 1.94 bits per heavy atom. The Balaban J connectivity index is 1.51. The number of thiazole rings is 1. The summed E-state index contributed by atoms with van der Waals surface area (Å²) in [7, 11) is -2.09. The van der Waals surface area contributed by atoms with E-state index in [9.17, 15) is 17.6 Å². The highest BCUT2D eigenvalue weighted by Crippen LogP contribution is 2.39. The molecule has 1 saturated heterocycles. The van der Waals surface area contributed by atoms with Crippen LogP contribution in [0.25, 0.3) is 10.2 Å². The number of anilines is 1. The van der Waals surface area contributed by atoms with Crippen LogP contribution in [0.4, 0.5) is 9.52 Å².